The lowest BCUT2D eigenvalue weighted by Crippen LogP contribution is -1.97. The monoisotopic (exact) mass is 881 g/mol. The molecule has 0 saturated heterocycles. The summed E-state index contributed by atoms with van der Waals surface area (Å²) in [4.78, 5) is 3.48. The molecule has 0 aliphatic carbocycles. The summed E-state index contributed by atoms with van der Waals surface area (Å²) in [5, 5.41) is 9.13. The van der Waals surface area contributed by atoms with E-state index in [-0.39, 0.29) is 0 Å². The predicted octanol–water partition coefficient (Wildman–Crippen LogP) is 16.5. The van der Waals surface area contributed by atoms with Gasteiger partial charge in [0.25, 0.3) is 0 Å². The van der Waals surface area contributed by atoms with Gasteiger partial charge in [-0.2, -0.15) is 0 Å². The summed E-state index contributed by atoms with van der Waals surface area (Å²) < 4.78 is 0. The molecule has 0 bridgehead atoms. The molecule has 11 rings (SSSR count). The van der Waals surface area contributed by atoms with Crippen LogP contribution in [-0.4, -0.2) is 15.2 Å². The van der Waals surface area contributed by atoms with Crippen LogP contribution in [-0.2, 0) is 0 Å². The zero-order valence-electron chi connectivity index (χ0n) is 38.0. The van der Waals surface area contributed by atoms with E-state index in [1.54, 1.807) is 0 Å². The van der Waals surface area contributed by atoms with E-state index in [1.807, 2.05) is 0 Å². The molecule has 1 aromatic heterocycles. The highest BCUT2D eigenvalue weighted by atomic mass is 15.2. The van der Waals surface area contributed by atoms with Crippen LogP contribution in [0.1, 0.15) is 44.5 Å². The molecule has 0 aliphatic heterocycles. The summed E-state index contributed by atoms with van der Waals surface area (Å²) in [6.45, 7) is 0. The first kappa shape index (κ1) is 42.5. The van der Waals surface area contributed by atoms with Crippen molar-refractivity contribution in [2.45, 2.75) is 0 Å². The molecule has 0 unspecified atom stereocenters. The van der Waals surface area contributed by atoms with E-state index in [9.17, 15) is 0 Å². The van der Waals surface area contributed by atoms with E-state index in [0.29, 0.717) is 0 Å². The molecule has 0 radical (unpaired) electrons. The summed E-state index contributed by atoms with van der Waals surface area (Å²) in [7, 11) is 0. The summed E-state index contributed by atoms with van der Waals surface area (Å²) >= 11 is 0. The first-order valence-corrected chi connectivity index (χ1v) is 23.4. The number of nitrogens with zero attached hydrogens (tertiary/aromatic N) is 2. The van der Waals surface area contributed by atoms with Gasteiger partial charge in [-0.1, -0.05) is 279 Å². The minimum atomic E-state index is 0.728. The van der Waals surface area contributed by atoms with Crippen LogP contribution in [0.5, 0.6) is 0 Å². The molecule has 0 spiro atoms. The molecule has 0 amide bonds. The van der Waals surface area contributed by atoms with Gasteiger partial charge < -0.3 is 4.98 Å². The van der Waals surface area contributed by atoms with E-state index < -0.39 is 0 Å². The van der Waals surface area contributed by atoms with Crippen molar-refractivity contribution in [3.8, 4) is 45.0 Å². The van der Waals surface area contributed by atoms with E-state index in [4.69, 9.17) is 0 Å². The Labute approximate surface area is 404 Å². The van der Waals surface area contributed by atoms with Crippen LogP contribution < -0.4 is 0 Å². The van der Waals surface area contributed by atoms with E-state index in [1.165, 1.54) is 55.7 Å². The van der Waals surface area contributed by atoms with Crippen LogP contribution in [0.25, 0.3) is 67.3 Å². The van der Waals surface area contributed by atoms with Gasteiger partial charge in [0.15, 0.2) is 11.6 Å². The second kappa shape index (κ2) is 19.7. The predicted molar refractivity (Wildman–Crippen MR) is 287 cm³/mol. The van der Waals surface area contributed by atoms with Gasteiger partial charge in [-0.3, -0.25) is 0 Å². The summed E-state index contributed by atoms with van der Waals surface area (Å²) in [5.74, 6) is 1.46. The molecule has 0 saturated carbocycles. The second-order valence-electron chi connectivity index (χ2n) is 17.0. The largest absolute Gasteiger partial charge is 0.321 e. The third kappa shape index (κ3) is 9.18. The van der Waals surface area contributed by atoms with Crippen LogP contribution in [0.2, 0.25) is 0 Å². The summed E-state index contributed by atoms with van der Waals surface area (Å²) in [5.41, 5.74) is 20.7. The van der Waals surface area contributed by atoms with Crippen LogP contribution in [0.15, 0.2) is 279 Å². The minimum absolute atomic E-state index is 0.728. The van der Waals surface area contributed by atoms with E-state index in [2.05, 4.69) is 294 Å². The van der Waals surface area contributed by atoms with Gasteiger partial charge in [0.1, 0.15) is 0 Å². The van der Waals surface area contributed by atoms with Crippen molar-refractivity contribution in [3.63, 3.8) is 0 Å². The number of nitrogens with one attached hydrogen (secondary N) is 1. The Bertz CT molecular complexity index is 3170. The molecular formula is C66H47N3. The molecule has 1 heterocycles. The number of rotatable bonds is 12. The smallest absolute Gasteiger partial charge is 0.161 e. The van der Waals surface area contributed by atoms with Gasteiger partial charge in [0.05, 0.1) is 0 Å². The van der Waals surface area contributed by atoms with Gasteiger partial charge >= 0.3 is 0 Å². The van der Waals surface area contributed by atoms with Crippen LogP contribution in [0.4, 0.5) is 0 Å². The third-order valence-corrected chi connectivity index (χ3v) is 12.7. The standard InChI is InChI=1S/C66H47N3/c1-7-19-51(20-8-1)61(52-21-9-2-10-22-52)63(55-27-15-5-16-28-55)57-39-31-47(32-40-57)49-35-43-59(44-36-49)65-67-66(69-68-65)60-45-37-50(38-46-60)48-33-41-58(42-34-48)64(56-29-17-6-18-30-56)62(53-23-11-3-12-24-53)54-25-13-4-14-26-54/h1-46H,(H,67,68,69). The Morgan fingerprint density at radius 3 is 0.580 bits per heavy atom. The molecular weight excluding hydrogens is 835 g/mol. The lowest BCUT2D eigenvalue weighted by Gasteiger charge is -2.18. The maximum absolute atomic E-state index is 4.57. The number of aromatic nitrogens is 3. The Morgan fingerprint density at radius 1 is 0.188 bits per heavy atom. The van der Waals surface area contributed by atoms with Crippen LogP contribution in [0, 0.1) is 0 Å². The molecule has 0 fully saturated rings. The Kier molecular flexibility index (Phi) is 12.1. The Balaban J connectivity index is 0.832. The minimum Gasteiger partial charge on any atom is -0.321 e. The summed E-state index contributed by atoms with van der Waals surface area (Å²) in [6.07, 6.45) is 0. The number of hydrogen-bond acceptors (Lipinski definition) is 2. The highest BCUT2D eigenvalue weighted by Crippen LogP contribution is 2.39. The van der Waals surface area contributed by atoms with Crippen LogP contribution >= 0.6 is 0 Å². The Hall–Kier alpha value is -9.18. The van der Waals surface area contributed by atoms with Crippen molar-refractivity contribution in [2.75, 3.05) is 0 Å². The van der Waals surface area contributed by atoms with Crippen molar-refractivity contribution in [3.05, 3.63) is 324 Å². The second-order valence-corrected chi connectivity index (χ2v) is 17.0. The van der Waals surface area contributed by atoms with Gasteiger partial charge in [-0.05, 0) is 89.1 Å². The highest BCUT2D eigenvalue weighted by molar-refractivity contribution is 6.06. The molecule has 10 aromatic carbocycles. The SMILES string of the molecule is c1ccc(C(=C(c2ccccc2)c2ccc(-c3ccc(-c4nnc(-c5ccc(-c6ccc(C(=C(c7ccccc7)c7ccccc7)c7ccccc7)cc6)cc5)[nH]4)cc3)cc2)c2ccccc2)cc1. The van der Waals surface area contributed by atoms with E-state index in [0.717, 1.165) is 56.2 Å². The number of benzene rings is 10. The van der Waals surface area contributed by atoms with Gasteiger partial charge in [-0.15, -0.1) is 10.2 Å². The van der Waals surface area contributed by atoms with Gasteiger partial charge in [0.2, 0.25) is 0 Å². The van der Waals surface area contributed by atoms with E-state index >= 15 is 0 Å². The normalized spacial score (nSPS) is 10.9. The van der Waals surface area contributed by atoms with Crippen molar-refractivity contribution in [2.24, 2.45) is 0 Å². The fraction of sp³-hybridized carbons (Fsp3) is 0. The molecule has 11 aromatic rings. The molecule has 0 aliphatic rings. The summed E-state index contributed by atoms with van der Waals surface area (Å²) in [6, 6.07) is 99.1. The fourth-order valence-electron chi connectivity index (χ4n) is 9.27. The highest BCUT2D eigenvalue weighted by Gasteiger charge is 2.18. The molecule has 326 valence electrons. The van der Waals surface area contributed by atoms with Gasteiger partial charge in [-0.25, -0.2) is 0 Å². The Morgan fingerprint density at radius 2 is 0.362 bits per heavy atom. The topological polar surface area (TPSA) is 41.6 Å². The lowest BCUT2D eigenvalue weighted by atomic mass is 9.85. The first-order chi connectivity index (χ1) is 34.2. The zero-order chi connectivity index (χ0) is 46.2. The number of hydrogen-bond donors (Lipinski definition) is 1. The average molecular weight is 882 g/mol. The van der Waals surface area contributed by atoms with Crippen molar-refractivity contribution in [1.82, 2.24) is 15.2 Å². The number of aromatic amines is 1. The van der Waals surface area contributed by atoms with Gasteiger partial charge in [0, 0.05) is 11.1 Å². The average Bonchev–Trinajstić information content (AvgIpc) is 3.94. The zero-order valence-corrected chi connectivity index (χ0v) is 38.0. The number of H-pyrrole nitrogens is 1. The molecule has 3 nitrogen and oxygen atoms in total. The third-order valence-electron chi connectivity index (χ3n) is 12.7. The molecule has 69 heavy (non-hydrogen) atoms. The van der Waals surface area contributed by atoms with Crippen molar-refractivity contribution >= 4 is 22.3 Å². The maximum Gasteiger partial charge on any atom is 0.161 e. The fourth-order valence-corrected chi connectivity index (χ4v) is 9.27. The van der Waals surface area contributed by atoms with Crippen molar-refractivity contribution < 1.29 is 0 Å². The van der Waals surface area contributed by atoms with Crippen LogP contribution in [0.3, 0.4) is 0 Å². The maximum atomic E-state index is 4.57. The van der Waals surface area contributed by atoms with Crippen molar-refractivity contribution in [1.29, 1.82) is 0 Å². The molecule has 1 N–H and O–H groups in total. The first-order valence-electron chi connectivity index (χ1n) is 23.4. The molecule has 3 heteroatoms. The lowest BCUT2D eigenvalue weighted by molar-refractivity contribution is 1.10. The quantitative estimate of drug-likeness (QED) is 0.124. The molecule has 0 atom stereocenters.